The maximum absolute atomic E-state index is 13.0. The van der Waals surface area contributed by atoms with Crippen LogP contribution in [0.3, 0.4) is 0 Å². The maximum Gasteiger partial charge on any atom is 0.325 e. The lowest BCUT2D eigenvalue weighted by atomic mass is 9.92. The molecule has 1 N–H and O–H groups in total. The minimum absolute atomic E-state index is 0.244. The molecule has 2 heterocycles. The first-order chi connectivity index (χ1) is 11.5. The van der Waals surface area contributed by atoms with Crippen LogP contribution in [0.1, 0.15) is 28.0 Å². The predicted octanol–water partition coefficient (Wildman–Crippen LogP) is 1.60. The number of rotatable bonds is 3. The third-order valence-corrected chi connectivity index (χ3v) is 4.95. The fourth-order valence-electron chi connectivity index (χ4n) is 3.71. The third-order valence-electron chi connectivity index (χ3n) is 4.95. The van der Waals surface area contributed by atoms with E-state index in [0.29, 0.717) is 12.1 Å². The van der Waals surface area contributed by atoms with Gasteiger partial charge in [-0.25, -0.2) is 4.79 Å². The zero-order valence-electron chi connectivity index (χ0n) is 13.3. The van der Waals surface area contributed by atoms with Crippen LogP contribution >= 0.6 is 0 Å². The minimum Gasteiger partial charge on any atom is -0.348 e. The summed E-state index contributed by atoms with van der Waals surface area (Å²) < 4.78 is 1.68. The number of carbonyl (C=O) groups is 3. The van der Waals surface area contributed by atoms with Crippen molar-refractivity contribution in [1.82, 2.24) is 14.8 Å². The van der Waals surface area contributed by atoms with E-state index in [9.17, 15) is 14.4 Å². The molecule has 1 fully saturated rings. The Hall–Kier alpha value is -2.89. The smallest absolute Gasteiger partial charge is 0.325 e. The van der Waals surface area contributed by atoms with Crippen molar-refractivity contribution in [2.75, 3.05) is 6.54 Å². The molecule has 0 bridgehead atoms. The number of hydrogen-bond donors (Lipinski definition) is 1. The molecule has 0 saturated carbocycles. The van der Waals surface area contributed by atoms with Crippen molar-refractivity contribution in [3.63, 3.8) is 0 Å². The number of carbonyl (C=O) groups excluding carboxylic acids is 3. The summed E-state index contributed by atoms with van der Waals surface area (Å²) in [5, 5.41) is 2.83. The van der Waals surface area contributed by atoms with Gasteiger partial charge in [-0.2, -0.15) is 0 Å². The predicted molar refractivity (Wildman–Crippen MR) is 86.4 cm³/mol. The molecule has 1 aliphatic carbocycles. The first-order valence-electron chi connectivity index (χ1n) is 7.90. The number of urea groups is 1. The summed E-state index contributed by atoms with van der Waals surface area (Å²) in [5.74, 6) is -0.589. The van der Waals surface area contributed by atoms with Gasteiger partial charge in [0, 0.05) is 13.2 Å². The van der Waals surface area contributed by atoms with Crippen LogP contribution in [0.4, 0.5) is 4.79 Å². The van der Waals surface area contributed by atoms with Gasteiger partial charge in [0.15, 0.2) is 5.78 Å². The van der Waals surface area contributed by atoms with Crippen LogP contribution in [0, 0.1) is 0 Å². The van der Waals surface area contributed by atoms with E-state index in [4.69, 9.17) is 0 Å². The highest BCUT2D eigenvalue weighted by atomic mass is 16.2. The summed E-state index contributed by atoms with van der Waals surface area (Å²) in [5.41, 5.74) is 1.38. The molecule has 0 radical (unpaired) electrons. The number of nitrogens with zero attached hydrogens (tertiary/aromatic N) is 2. The normalized spacial score (nSPS) is 22.1. The standard InChI is InChI=1S/C18H17N3O3/c1-20-10-4-7-14(20)15(22)11-21-16(23)18(19-17(21)24)9-8-12-5-2-3-6-13(12)18/h2-7,10H,8-9,11H2,1H3,(H,19,24). The van der Waals surface area contributed by atoms with E-state index >= 15 is 0 Å². The van der Waals surface area contributed by atoms with Crippen molar-refractivity contribution in [3.05, 3.63) is 59.4 Å². The van der Waals surface area contributed by atoms with Gasteiger partial charge >= 0.3 is 6.03 Å². The fourth-order valence-corrected chi connectivity index (χ4v) is 3.71. The van der Waals surface area contributed by atoms with Gasteiger partial charge in [-0.05, 0) is 36.1 Å². The monoisotopic (exact) mass is 323 g/mol. The van der Waals surface area contributed by atoms with Crippen LogP contribution in [-0.4, -0.2) is 33.7 Å². The van der Waals surface area contributed by atoms with Crippen molar-refractivity contribution < 1.29 is 14.4 Å². The highest BCUT2D eigenvalue weighted by Crippen LogP contribution is 2.41. The topological polar surface area (TPSA) is 71.4 Å². The Kier molecular flexibility index (Phi) is 3.09. The number of benzene rings is 1. The molecule has 1 unspecified atom stereocenters. The molecule has 122 valence electrons. The summed E-state index contributed by atoms with van der Waals surface area (Å²) in [4.78, 5) is 38.8. The van der Waals surface area contributed by atoms with E-state index in [0.717, 1.165) is 22.4 Å². The van der Waals surface area contributed by atoms with Crippen molar-refractivity contribution >= 4 is 17.7 Å². The van der Waals surface area contributed by atoms with Crippen molar-refractivity contribution in [1.29, 1.82) is 0 Å². The Bertz CT molecular complexity index is 870. The molecule has 1 spiro atoms. The van der Waals surface area contributed by atoms with Crippen LogP contribution in [0.2, 0.25) is 0 Å². The fraction of sp³-hybridized carbons (Fsp3) is 0.278. The Morgan fingerprint density at radius 2 is 2.00 bits per heavy atom. The second-order valence-corrected chi connectivity index (χ2v) is 6.31. The molecule has 1 aromatic carbocycles. The highest BCUT2D eigenvalue weighted by Gasteiger charge is 2.55. The van der Waals surface area contributed by atoms with E-state index in [2.05, 4.69) is 5.32 Å². The molecular formula is C18H17N3O3. The zero-order valence-corrected chi connectivity index (χ0v) is 13.3. The van der Waals surface area contributed by atoms with Gasteiger partial charge in [-0.3, -0.25) is 14.5 Å². The number of fused-ring (bicyclic) bond motifs is 2. The molecular weight excluding hydrogens is 306 g/mol. The number of amides is 3. The second kappa shape index (κ2) is 5.06. The molecule has 1 aromatic heterocycles. The molecule has 2 aliphatic rings. The van der Waals surface area contributed by atoms with Crippen LogP contribution in [0.25, 0.3) is 0 Å². The van der Waals surface area contributed by atoms with Crippen LogP contribution in [-0.2, 0) is 23.8 Å². The molecule has 6 heteroatoms. The third kappa shape index (κ3) is 1.92. The lowest BCUT2D eigenvalue weighted by Crippen LogP contribution is -2.42. The Labute approximate surface area is 139 Å². The molecule has 24 heavy (non-hydrogen) atoms. The van der Waals surface area contributed by atoms with E-state index in [1.165, 1.54) is 0 Å². The van der Waals surface area contributed by atoms with Crippen LogP contribution in [0.5, 0.6) is 0 Å². The molecule has 4 rings (SSSR count). The van der Waals surface area contributed by atoms with Crippen LogP contribution < -0.4 is 5.32 Å². The Morgan fingerprint density at radius 1 is 1.21 bits per heavy atom. The molecule has 1 aliphatic heterocycles. The van der Waals surface area contributed by atoms with E-state index in [1.54, 1.807) is 29.9 Å². The number of hydrogen-bond acceptors (Lipinski definition) is 3. The molecule has 3 amide bonds. The molecule has 6 nitrogen and oxygen atoms in total. The van der Waals surface area contributed by atoms with Gasteiger partial charge in [0.05, 0.1) is 12.2 Å². The summed E-state index contributed by atoms with van der Waals surface area (Å²) in [6, 6.07) is 10.6. The zero-order chi connectivity index (χ0) is 16.9. The number of Topliss-reactive ketones (excluding diaryl/α,β-unsaturated/α-hetero) is 1. The quantitative estimate of drug-likeness (QED) is 0.689. The number of ketones is 1. The minimum atomic E-state index is -1.01. The molecule has 2 aromatic rings. The van der Waals surface area contributed by atoms with Gasteiger partial charge in [0.1, 0.15) is 5.54 Å². The average Bonchev–Trinajstić information content (AvgIpc) is 3.22. The van der Waals surface area contributed by atoms with Gasteiger partial charge < -0.3 is 9.88 Å². The SMILES string of the molecule is Cn1cccc1C(=O)CN1C(=O)NC2(CCc3ccccc32)C1=O. The van der Waals surface area contributed by atoms with E-state index < -0.39 is 11.6 Å². The van der Waals surface area contributed by atoms with Crippen LogP contribution in [0.15, 0.2) is 42.6 Å². The van der Waals surface area contributed by atoms with Crippen molar-refractivity contribution in [2.45, 2.75) is 18.4 Å². The van der Waals surface area contributed by atoms with Gasteiger partial charge in [-0.1, -0.05) is 24.3 Å². The average molecular weight is 323 g/mol. The second-order valence-electron chi connectivity index (χ2n) is 6.31. The first-order valence-corrected chi connectivity index (χ1v) is 7.90. The summed E-state index contributed by atoms with van der Waals surface area (Å²) >= 11 is 0. The number of nitrogens with one attached hydrogen (secondary N) is 1. The van der Waals surface area contributed by atoms with E-state index in [-0.39, 0.29) is 18.2 Å². The summed E-state index contributed by atoms with van der Waals surface area (Å²) in [7, 11) is 1.76. The summed E-state index contributed by atoms with van der Waals surface area (Å²) in [6.07, 6.45) is 3.03. The molecule has 1 atom stereocenters. The van der Waals surface area contributed by atoms with E-state index in [1.807, 2.05) is 24.3 Å². The number of aryl methyl sites for hydroxylation is 2. The molecule has 1 saturated heterocycles. The maximum atomic E-state index is 13.0. The van der Waals surface area contributed by atoms with Gasteiger partial charge in [0.25, 0.3) is 5.91 Å². The number of imide groups is 1. The Balaban J connectivity index is 1.64. The largest absolute Gasteiger partial charge is 0.348 e. The lowest BCUT2D eigenvalue weighted by molar-refractivity contribution is -0.131. The number of aromatic nitrogens is 1. The lowest BCUT2D eigenvalue weighted by Gasteiger charge is -2.22. The highest BCUT2D eigenvalue weighted by molar-refractivity contribution is 6.11. The first kappa shape index (κ1) is 14.7. The van der Waals surface area contributed by atoms with Crippen molar-refractivity contribution in [2.24, 2.45) is 7.05 Å². The van der Waals surface area contributed by atoms with Gasteiger partial charge in [0.2, 0.25) is 0 Å². The summed E-state index contributed by atoms with van der Waals surface area (Å²) in [6.45, 7) is -0.244. The van der Waals surface area contributed by atoms with Crippen molar-refractivity contribution in [3.8, 4) is 0 Å². The van der Waals surface area contributed by atoms with Gasteiger partial charge in [-0.15, -0.1) is 0 Å². The Morgan fingerprint density at radius 3 is 2.75 bits per heavy atom.